The lowest BCUT2D eigenvalue weighted by Gasteiger charge is -2.36. The number of piperazine rings is 1. The SMILES string of the molecule is CCCCS(=O)(=O)N1CCN(c2cccc(C)c2C)CC1. The van der Waals surface area contributed by atoms with E-state index < -0.39 is 10.0 Å². The minimum absolute atomic E-state index is 0.285. The van der Waals surface area contributed by atoms with E-state index in [-0.39, 0.29) is 5.75 Å². The van der Waals surface area contributed by atoms with Crippen LogP contribution >= 0.6 is 0 Å². The van der Waals surface area contributed by atoms with Crippen LogP contribution in [0.1, 0.15) is 30.9 Å². The lowest BCUT2D eigenvalue weighted by Crippen LogP contribution is -2.49. The molecular weight excluding hydrogens is 284 g/mol. The van der Waals surface area contributed by atoms with E-state index in [2.05, 4.69) is 36.9 Å². The first kappa shape index (κ1) is 16.3. The van der Waals surface area contributed by atoms with Gasteiger partial charge in [-0.05, 0) is 37.5 Å². The maximum Gasteiger partial charge on any atom is 0.214 e. The minimum atomic E-state index is -3.06. The fourth-order valence-electron chi connectivity index (χ4n) is 2.74. The Kier molecular flexibility index (Phi) is 5.27. The van der Waals surface area contributed by atoms with Gasteiger partial charge in [0, 0.05) is 31.9 Å². The molecular formula is C16H26N2O2S. The molecule has 1 heterocycles. The number of unbranched alkanes of at least 4 members (excludes halogenated alkanes) is 1. The van der Waals surface area contributed by atoms with Gasteiger partial charge in [-0.15, -0.1) is 0 Å². The molecule has 0 aliphatic carbocycles. The Balaban J connectivity index is 2.02. The van der Waals surface area contributed by atoms with Crippen LogP contribution in [0.5, 0.6) is 0 Å². The molecule has 1 aromatic carbocycles. The Labute approximate surface area is 128 Å². The first-order valence-corrected chi connectivity index (χ1v) is 9.35. The summed E-state index contributed by atoms with van der Waals surface area (Å²) in [6.07, 6.45) is 1.67. The number of hydrogen-bond donors (Lipinski definition) is 0. The number of hydrogen-bond acceptors (Lipinski definition) is 3. The normalized spacial score (nSPS) is 17.2. The maximum absolute atomic E-state index is 12.2. The molecule has 5 heteroatoms. The van der Waals surface area contributed by atoms with Gasteiger partial charge in [-0.25, -0.2) is 8.42 Å². The standard InChI is InChI=1S/C16H26N2O2S/c1-4-5-13-21(19,20)18-11-9-17(10-12-18)16-8-6-7-14(2)15(16)3/h6-8H,4-5,9-13H2,1-3H3. The van der Waals surface area contributed by atoms with Crippen molar-refractivity contribution < 1.29 is 8.42 Å². The van der Waals surface area contributed by atoms with E-state index >= 15 is 0 Å². The van der Waals surface area contributed by atoms with Crippen molar-refractivity contribution in [2.24, 2.45) is 0 Å². The van der Waals surface area contributed by atoms with Crippen LogP contribution in [-0.2, 0) is 10.0 Å². The zero-order chi connectivity index (χ0) is 15.5. The van der Waals surface area contributed by atoms with Gasteiger partial charge in [0.1, 0.15) is 0 Å². The second-order valence-corrected chi connectivity index (χ2v) is 7.86. The second-order valence-electron chi connectivity index (χ2n) is 5.77. The molecule has 0 saturated carbocycles. The van der Waals surface area contributed by atoms with Crippen LogP contribution in [0.25, 0.3) is 0 Å². The molecule has 0 bridgehead atoms. The molecule has 118 valence electrons. The Morgan fingerprint density at radius 3 is 2.38 bits per heavy atom. The fraction of sp³-hybridized carbons (Fsp3) is 0.625. The Bertz CT molecular complexity index is 576. The van der Waals surface area contributed by atoms with Gasteiger partial charge in [0.15, 0.2) is 0 Å². The van der Waals surface area contributed by atoms with Crippen molar-refractivity contribution in [1.82, 2.24) is 4.31 Å². The van der Waals surface area contributed by atoms with E-state index in [1.165, 1.54) is 16.8 Å². The lowest BCUT2D eigenvalue weighted by atomic mass is 10.1. The molecule has 0 aromatic heterocycles. The zero-order valence-corrected chi connectivity index (χ0v) is 14.1. The van der Waals surface area contributed by atoms with Crippen molar-refractivity contribution >= 4 is 15.7 Å². The number of aryl methyl sites for hydroxylation is 1. The van der Waals surface area contributed by atoms with Gasteiger partial charge in [-0.2, -0.15) is 4.31 Å². The highest BCUT2D eigenvalue weighted by Gasteiger charge is 2.26. The molecule has 1 fully saturated rings. The van der Waals surface area contributed by atoms with Crippen LogP contribution in [0.2, 0.25) is 0 Å². The average molecular weight is 310 g/mol. The summed E-state index contributed by atoms with van der Waals surface area (Å²) in [5.41, 5.74) is 3.81. The molecule has 0 spiro atoms. The van der Waals surface area contributed by atoms with E-state index in [0.29, 0.717) is 13.1 Å². The molecule has 1 aliphatic heterocycles. The molecule has 21 heavy (non-hydrogen) atoms. The van der Waals surface area contributed by atoms with E-state index in [9.17, 15) is 8.42 Å². The summed E-state index contributed by atoms with van der Waals surface area (Å²) in [5.74, 6) is 0.285. The predicted molar refractivity (Wildman–Crippen MR) is 88.4 cm³/mol. The summed E-state index contributed by atoms with van der Waals surface area (Å²) >= 11 is 0. The first-order valence-electron chi connectivity index (χ1n) is 7.74. The summed E-state index contributed by atoms with van der Waals surface area (Å²) < 4.78 is 26.1. The van der Waals surface area contributed by atoms with Crippen molar-refractivity contribution in [1.29, 1.82) is 0 Å². The smallest absolute Gasteiger partial charge is 0.214 e. The van der Waals surface area contributed by atoms with Crippen LogP contribution in [0, 0.1) is 13.8 Å². The molecule has 0 radical (unpaired) electrons. The van der Waals surface area contributed by atoms with E-state index in [1.54, 1.807) is 4.31 Å². The van der Waals surface area contributed by atoms with Crippen LogP contribution in [0.3, 0.4) is 0 Å². The van der Waals surface area contributed by atoms with Gasteiger partial charge >= 0.3 is 0 Å². The van der Waals surface area contributed by atoms with Gasteiger partial charge in [0.05, 0.1) is 5.75 Å². The Morgan fingerprint density at radius 1 is 1.10 bits per heavy atom. The van der Waals surface area contributed by atoms with Crippen molar-refractivity contribution in [3.05, 3.63) is 29.3 Å². The van der Waals surface area contributed by atoms with Gasteiger partial charge in [0.2, 0.25) is 10.0 Å². The number of rotatable bonds is 5. The lowest BCUT2D eigenvalue weighted by molar-refractivity contribution is 0.384. The summed E-state index contributed by atoms with van der Waals surface area (Å²) in [5, 5.41) is 0. The number of benzene rings is 1. The second kappa shape index (κ2) is 6.79. The average Bonchev–Trinajstić information content (AvgIpc) is 2.48. The monoisotopic (exact) mass is 310 g/mol. The van der Waals surface area contributed by atoms with Gasteiger partial charge in [-0.1, -0.05) is 25.5 Å². The molecule has 1 saturated heterocycles. The van der Waals surface area contributed by atoms with E-state index in [1.807, 2.05) is 6.92 Å². The third kappa shape index (κ3) is 3.77. The molecule has 0 N–H and O–H groups in total. The van der Waals surface area contributed by atoms with Crippen molar-refractivity contribution in [2.75, 3.05) is 36.8 Å². The third-order valence-electron chi connectivity index (χ3n) is 4.30. The molecule has 0 atom stereocenters. The van der Waals surface area contributed by atoms with Gasteiger partial charge < -0.3 is 4.90 Å². The topological polar surface area (TPSA) is 40.6 Å². The molecule has 1 aliphatic rings. The highest BCUT2D eigenvalue weighted by atomic mass is 32.2. The molecule has 0 unspecified atom stereocenters. The van der Waals surface area contributed by atoms with Crippen LogP contribution in [0.4, 0.5) is 5.69 Å². The maximum atomic E-state index is 12.2. The Morgan fingerprint density at radius 2 is 1.76 bits per heavy atom. The number of nitrogens with zero attached hydrogens (tertiary/aromatic N) is 2. The summed E-state index contributed by atoms with van der Waals surface area (Å²) in [4.78, 5) is 2.30. The number of sulfonamides is 1. The van der Waals surface area contributed by atoms with Crippen molar-refractivity contribution in [2.45, 2.75) is 33.6 Å². The van der Waals surface area contributed by atoms with E-state index in [4.69, 9.17) is 0 Å². The quantitative estimate of drug-likeness (QED) is 0.839. The van der Waals surface area contributed by atoms with Crippen LogP contribution in [-0.4, -0.2) is 44.7 Å². The highest BCUT2D eigenvalue weighted by Crippen LogP contribution is 2.24. The fourth-order valence-corrected chi connectivity index (χ4v) is 4.37. The zero-order valence-electron chi connectivity index (χ0n) is 13.3. The molecule has 0 amide bonds. The summed E-state index contributed by atoms with van der Waals surface area (Å²) in [6, 6.07) is 6.32. The third-order valence-corrected chi connectivity index (χ3v) is 6.26. The first-order chi connectivity index (χ1) is 9.95. The summed E-state index contributed by atoms with van der Waals surface area (Å²) in [6.45, 7) is 9.01. The van der Waals surface area contributed by atoms with Gasteiger partial charge in [0.25, 0.3) is 0 Å². The molecule has 2 rings (SSSR count). The molecule has 1 aromatic rings. The highest BCUT2D eigenvalue weighted by molar-refractivity contribution is 7.89. The summed E-state index contributed by atoms with van der Waals surface area (Å²) in [7, 11) is -3.06. The predicted octanol–water partition coefficient (Wildman–Crippen LogP) is 2.56. The molecule has 4 nitrogen and oxygen atoms in total. The van der Waals surface area contributed by atoms with Gasteiger partial charge in [-0.3, -0.25) is 0 Å². The van der Waals surface area contributed by atoms with Crippen LogP contribution < -0.4 is 4.90 Å². The van der Waals surface area contributed by atoms with Crippen molar-refractivity contribution in [3.8, 4) is 0 Å². The largest absolute Gasteiger partial charge is 0.369 e. The minimum Gasteiger partial charge on any atom is -0.369 e. The Hall–Kier alpha value is -1.07. The van der Waals surface area contributed by atoms with E-state index in [0.717, 1.165) is 25.9 Å². The number of anilines is 1. The van der Waals surface area contributed by atoms with Crippen LogP contribution in [0.15, 0.2) is 18.2 Å². The van der Waals surface area contributed by atoms with Crippen molar-refractivity contribution in [3.63, 3.8) is 0 Å².